The minimum atomic E-state index is -0.0517. The van der Waals surface area contributed by atoms with Gasteiger partial charge in [-0.15, -0.1) is 10.2 Å². The Labute approximate surface area is 104 Å². The van der Waals surface area contributed by atoms with E-state index >= 15 is 0 Å². The van der Waals surface area contributed by atoms with Gasteiger partial charge in [-0.05, 0) is 31.5 Å². The summed E-state index contributed by atoms with van der Waals surface area (Å²) >= 11 is 0. The van der Waals surface area contributed by atoms with Crippen LogP contribution in [-0.2, 0) is 11.3 Å². The Hall–Kier alpha value is -1.95. The number of fused-ring (bicyclic) bond motifs is 1. The first-order chi connectivity index (χ1) is 8.84. The Kier molecular flexibility index (Phi) is 2.93. The van der Waals surface area contributed by atoms with Crippen LogP contribution in [-0.4, -0.2) is 33.1 Å². The van der Waals surface area contributed by atoms with Crippen molar-refractivity contribution in [3.05, 3.63) is 30.2 Å². The van der Waals surface area contributed by atoms with E-state index < -0.39 is 0 Å². The molecule has 0 spiro atoms. The van der Waals surface area contributed by atoms with Crippen LogP contribution in [0, 0.1) is 0 Å². The van der Waals surface area contributed by atoms with Gasteiger partial charge in [0.15, 0.2) is 11.5 Å². The average molecular weight is 245 g/mol. The molecule has 2 N–H and O–H groups in total. The van der Waals surface area contributed by atoms with Gasteiger partial charge in [-0.3, -0.25) is 9.20 Å². The number of pyridine rings is 1. The van der Waals surface area contributed by atoms with Crippen molar-refractivity contribution in [3.8, 4) is 0 Å². The quantitative estimate of drug-likeness (QED) is 0.804. The van der Waals surface area contributed by atoms with Crippen molar-refractivity contribution in [1.82, 2.24) is 25.2 Å². The SMILES string of the molecule is O=C(NCc1nnc2ccccn12)C1CCCN1. The fraction of sp³-hybridized carbons (Fsp3) is 0.417. The fourth-order valence-electron chi connectivity index (χ4n) is 2.21. The lowest BCUT2D eigenvalue weighted by Crippen LogP contribution is -2.40. The minimum Gasteiger partial charge on any atom is -0.347 e. The second-order valence-electron chi connectivity index (χ2n) is 4.41. The fourth-order valence-corrected chi connectivity index (χ4v) is 2.21. The molecular weight excluding hydrogens is 230 g/mol. The van der Waals surface area contributed by atoms with E-state index in [9.17, 15) is 4.79 Å². The molecule has 94 valence electrons. The number of carbonyl (C=O) groups is 1. The molecule has 6 heteroatoms. The molecule has 1 aliphatic heterocycles. The van der Waals surface area contributed by atoms with Crippen LogP contribution in [0.5, 0.6) is 0 Å². The van der Waals surface area contributed by atoms with Crippen LogP contribution in [0.15, 0.2) is 24.4 Å². The third kappa shape index (κ3) is 2.06. The van der Waals surface area contributed by atoms with E-state index in [1.165, 1.54) is 0 Å². The lowest BCUT2D eigenvalue weighted by atomic mass is 10.2. The van der Waals surface area contributed by atoms with Crippen LogP contribution >= 0.6 is 0 Å². The van der Waals surface area contributed by atoms with Gasteiger partial charge in [0.2, 0.25) is 5.91 Å². The van der Waals surface area contributed by atoms with Gasteiger partial charge in [-0.25, -0.2) is 0 Å². The molecule has 1 fully saturated rings. The summed E-state index contributed by atoms with van der Waals surface area (Å²) in [5.74, 6) is 0.789. The molecule has 2 aromatic rings. The Morgan fingerprint density at radius 2 is 2.44 bits per heavy atom. The van der Waals surface area contributed by atoms with Gasteiger partial charge in [0, 0.05) is 6.20 Å². The molecule has 1 unspecified atom stereocenters. The maximum atomic E-state index is 11.8. The van der Waals surface area contributed by atoms with E-state index in [0.29, 0.717) is 6.54 Å². The smallest absolute Gasteiger partial charge is 0.237 e. The first kappa shape index (κ1) is 11.2. The predicted molar refractivity (Wildman–Crippen MR) is 65.9 cm³/mol. The zero-order valence-electron chi connectivity index (χ0n) is 9.97. The van der Waals surface area contributed by atoms with E-state index in [2.05, 4.69) is 20.8 Å². The first-order valence-corrected chi connectivity index (χ1v) is 6.14. The summed E-state index contributed by atoms with van der Waals surface area (Å²) in [6.45, 7) is 1.33. The Bertz CT molecular complexity index is 558. The molecule has 0 aliphatic carbocycles. The molecule has 3 heterocycles. The molecule has 1 aliphatic rings. The van der Waals surface area contributed by atoms with E-state index in [0.717, 1.165) is 30.9 Å². The number of nitrogens with zero attached hydrogens (tertiary/aromatic N) is 3. The van der Waals surface area contributed by atoms with Crippen LogP contribution < -0.4 is 10.6 Å². The van der Waals surface area contributed by atoms with Crippen molar-refractivity contribution >= 4 is 11.6 Å². The molecule has 6 nitrogen and oxygen atoms in total. The minimum absolute atomic E-state index is 0.0418. The summed E-state index contributed by atoms with van der Waals surface area (Å²) in [5, 5.41) is 14.2. The molecule has 1 amide bonds. The topological polar surface area (TPSA) is 71.3 Å². The van der Waals surface area contributed by atoms with Crippen molar-refractivity contribution < 1.29 is 4.79 Å². The Morgan fingerprint density at radius 1 is 1.50 bits per heavy atom. The van der Waals surface area contributed by atoms with Crippen molar-refractivity contribution in [3.63, 3.8) is 0 Å². The van der Waals surface area contributed by atoms with Crippen molar-refractivity contribution in [1.29, 1.82) is 0 Å². The third-order valence-corrected chi connectivity index (χ3v) is 3.18. The van der Waals surface area contributed by atoms with E-state index in [1.807, 2.05) is 28.8 Å². The summed E-state index contributed by atoms with van der Waals surface area (Å²) < 4.78 is 1.88. The maximum absolute atomic E-state index is 11.8. The molecule has 1 atom stereocenters. The van der Waals surface area contributed by atoms with Crippen LogP contribution in [0.25, 0.3) is 5.65 Å². The van der Waals surface area contributed by atoms with Gasteiger partial charge < -0.3 is 10.6 Å². The van der Waals surface area contributed by atoms with Crippen LogP contribution in [0.1, 0.15) is 18.7 Å². The summed E-state index contributed by atoms with van der Waals surface area (Å²) in [4.78, 5) is 11.8. The first-order valence-electron chi connectivity index (χ1n) is 6.14. The second-order valence-corrected chi connectivity index (χ2v) is 4.41. The zero-order chi connectivity index (χ0) is 12.4. The monoisotopic (exact) mass is 245 g/mol. The number of amides is 1. The number of hydrogen-bond acceptors (Lipinski definition) is 4. The highest BCUT2D eigenvalue weighted by molar-refractivity contribution is 5.81. The lowest BCUT2D eigenvalue weighted by molar-refractivity contribution is -0.123. The number of carbonyl (C=O) groups excluding carboxylic acids is 1. The molecule has 1 saturated heterocycles. The third-order valence-electron chi connectivity index (χ3n) is 3.18. The normalized spacial score (nSPS) is 19.2. The van der Waals surface area contributed by atoms with Gasteiger partial charge in [0.05, 0.1) is 12.6 Å². The highest BCUT2D eigenvalue weighted by Crippen LogP contribution is 2.06. The molecule has 2 aromatic heterocycles. The summed E-state index contributed by atoms with van der Waals surface area (Å²) in [7, 11) is 0. The van der Waals surface area contributed by atoms with Crippen molar-refractivity contribution in [2.24, 2.45) is 0 Å². The highest BCUT2D eigenvalue weighted by atomic mass is 16.2. The number of nitrogens with one attached hydrogen (secondary N) is 2. The van der Waals surface area contributed by atoms with Gasteiger partial charge in [0.25, 0.3) is 0 Å². The molecule has 0 radical (unpaired) electrons. The van der Waals surface area contributed by atoms with E-state index in [1.54, 1.807) is 0 Å². The van der Waals surface area contributed by atoms with Crippen LogP contribution in [0.4, 0.5) is 0 Å². The number of aromatic nitrogens is 3. The molecule has 0 saturated carbocycles. The maximum Gasteiger partial charge on any atom is 0.237 e. The second kappa shape index (κ2) is 4.73. The highest BCUT2D eigenvalue weighted by Gasteiger charge is 2.21. The largest absolute Gasteiger partial charge is 0.347 e. The summed E-state index contributed by atoms with van der Waals surface area (Å²) in [5.41, 5.74) is 0.792. The standard InChI is InChI=1S/C12H15N5O/c18-12(9-4-3-6-13-9)14-8-11-16-15-10-5-1-2-7-17(10)11/h1-2,5,7,9,13H,3-4,6,8H2,(H,14,18). The molecule has 0 bridgehead atoms. The molecule has 18 heavy (non-hydrogen) atoms. The predicted octanol–water partition coefficient (Wildman–Crippen LogP) is 0.0975. The average Bonchev–Trinajstić information content (AvgIpc) is 3.06. The molecule has 3 rings (SSSR count). The number of hydrogen-bond donors (Lipinski definition) is 2. The van der Waals surface area contributed by atoms with Crippen molar-refractivity contribution in [2.75, 3.05) is 6.54 Å². The lowest BCUT2D eigenvalue weighted by Gasteiger charge is -2.10. The van der Waals surface area contributed by atoms with Crippen LogP contribution in [0.2, 0.25) is 0 Å². The van der Waals surface area contributed by atoms with Gasteiger partial charge in [-0.1, -0.05) is 6.07 Å². The van der Waals surface area contributed by atoms with Crippen LogP contribution in [0.3, 0.4) is 0 Å². The van der Waals surface area contributed by atoms with E-state index in [-0.39, 0.29) is 11.9 Å². The Morgan fingerprint density at radius 3 is 3.28 bits per heavy atom. The summed E-state index contributed by atoms with van der Waals surface area (Å²) in [6.07, 6.45) is 3.86. The van der Waals surface area contributed by atoms with E-state index in [4.69, 9.17) is 0 Å². The molecule has 0 aromatic carbocycles. The Balaban J connectivity index is 1.67. The number of rotatable bonds is 3. The van der Waals surface area contributed by atoms with Gasteiger partial charge in [-0.2, -0.15) is 0 Å². The van der Waals surface area contributed by atoms with Gasteiger partial charge in [0.1, 0.15) is 0 Å². The molecular formula is C12H15N5O. The van der Waals surface area contributed by atoms with Gasteiger partial charge >= 0.3 is 0 Å². The zero-order valence-corrected chi connectivity index (χ0v) is 9.97. The van der Waals surface area contributed by atoms with Crippen molar-refractivity contribution in [2.45, 2.75) is 25.4 Å². The summed E-state index contributed by atoms with van der Waals surface area (Å²) in [6, 6.07) is 5.66.